The zero-order valence-electron chi connectivity index (χ0n) is 16.6. The van der Waals surface area contributed by atoms with Crippen LogP contribution in [0.25, 0.3) is 0 Å². The lowest BCUT2D eigenvalue weighted by Gasteiger charge is -2.34. The predicted octanol–water partition coefficient (Wildman–Crippen LogP) is 0.709. The number of hydrogen-bond donors (Lipinski definition) is 3. The molecule has 0 atom stereocenters. The molecule has 0 bridgehead atoms. The summed E-state index contributed by atoms with van der Waals surface area (Å²) in [5, 5.41) is 8.31. The first-order valence-electron chi connectivity index (χ1n) is 9.73. The van der Waals surface area contributed by atoms with Gasteiger partial charge in [-0.15, -0.1) is 0 Å². The normalized spacial score (nSPS) is 14.3. The van der Waals surface area contributed by atoms with Crippen molar-refractivity contribution in [2.75, 3.05) is 56.5 Å². The number of carbonyl (C=O) groups is 2. The number of carbonyl (C=O) groups excluding carboxylic acids is 2. The van der Waals surface area contributed by atoms with Gasteiger partial charge in [0.05, 0.1) is 6.42 Å². The summed E-state index contributed by atoms with van der Waals surface area (Å²) in [5.74, 6) is 0.666. The van der Waals surface area contributed by atoms with E-state index < -0.39 is 0 Å². The van der Waals surface area contributed by atoms with Crippen molar-refractivity contribution in [1.82, 2.24) is 25.5 Å². The molecule has 0 unspecified atom stereocenters. The lowest BCUT2D eigenvalue weighted by Crippen LogP contribution is -2.49. The number of hydrogen-bond acceptors (Lipinski definition) is 6. The summed E-state index contributed by atoms with van der Waals surface area (Å²) in [4.78, 5) is 36.9. The Bertz CT molecular complexity index is 807. The molecule has 3 rings (SSSR count). The van der Waals surface area contributed by atoms with E-state index in [-0.39, 0.29) is 18.4 Å². The standard InChI is InChI=1S/C20H27N7O2/c1-21-18(28)15-16-5-2-3-6-17(16)25-20(29)24-9-10-26-11-13-27(14-12-26)19-22-7-4-8-23-19/h2-8H,9-15H2,1H3,(H,21,28)(H2,24,25,29). The number of anilines is 2. The average Bonchev–Trinajstić information content (AvgIpc) is 2.76. The zero-order valence-corrected chi connectivity index (χ0v) is 16.6. The first-order chi connectivity index (χ1) is 14.2. The first-order valence-corrected chi connectivity index (χ1v) is 9.73. The number of nitrogens with one attached hydrogen (secondary N) is 3. The molecular weight excluding hydrogens is 370 g/mol. The Hall–Kier alpha value is -3.20. The minimum atomic E-state index is -0.273. The third-order valence-electron chi connectivity index (χ3n) is 4.82. The third kappa shape index (κ3) is 6.15. The largest absolute Gasteiger partial charge is 0.359 e. The van der Waals surface area contributed by atoms with Gasteiger partial charge in [-0.3, -0.25) is 9.69 Å². The van der Waals surface area contributed by atoms with Gasteiger partial charge in [0, 0.05) is 64.4 Å². The zero-order chi connectivity index (χ0) is 20.5. The summed E-state index contributed by atoms with van der Waals surface area (Å²) in [6.45, 7) is 4.85. The van der Waals surface area contributed by atoms with Crippen molar-refractivity contribution in [3.63, 3.8) is 0 Å². The van der Waals surface area contributed by atoms with Crippen LogP contribution in [0.3, 0.4) is 0 Å². The number of amides is 3. The van der Waals surface area contributed by atoms with Crippen LogP contribution in [-0.4, -0.2) is 73.1 Å². The second-order valence-corrected chi connectivity index (χ2v) is 6.77. The Balaban J connectivity index is 1.39. The van der Waals surface area contributed by atoms with Crippen molar-refractivity contribution >= 4 is 23.6 Å². The van der Waals surface area contributed by atoms with Crippen LogP contribution in [0, 0.1) is 0 Å². The lowest BCUT2D eigenvalue weighted by atomic mass is 10.1. The van der Waals surface area contributed by atoms with E-state index in [1.807, 2.05) is 24.3 Å². The molecule has 1 saturated heterocycles. The van der Waals surface area contributed by atoms with Gasteiger partial charge in [0.25, 0.3) is 0 Å². The summed E-state index contributed by atoms with van der Waals surface area (Å²) in [6, 6.07) is 8.85. The van der Waals surface area contributed by atoms with Crippen LogP contribution in [-0.2, 0) is 11.2 Å². The molecule has 0 saturated carbocycles. The molecule has 154 valence electrons. The molecule has 1 aliphatic heterocycles. The molecule has 9 nitrogen and oxygen atoms in total. The third-order valence-corrected chi connectivity index (χ3v) is 4.82. The summed E-state index contributed by atoms with van der Waals surface area (Å²) in [6.07, 6.45) is 3.73. The van der Waals surface area contributed by atoms with E-state index in [9.17, 15) is 9.59 Å². The fraction of sp³-hybridized carbons (Fsp3) is 0.400. The lowest BCUT2D eigenvalue weighted by molar-refractivity contribution is -0.119. The van der Waals surface area contributed by atoms with Crippen LogP contribution in [0.4, 0.5) is 16.4 Å². The van der Waals surface area contributed by atoms with Crippen LogP contribution in [0.1, 0.15) is 5.56 Å². The summed E-state index contributed by atoms with van der Waals surface area (Å²) in [7, 11) is 1.60. The summed E-state index contributed by atoms with van der Waals surface area (Å²) < 4.78 is 0. The van der Waals surface area contributed by atoms with Gasteiger partial charge in [0.15, 0.2) is 0 Å². The maximum atomic E-state index is 12.2. The number of likely N-dealkylation sites (N-methyl/N-ethyl adjacent to an activating group) is 1. The molecule has 0 radical (unpaired) electrons. The van der Waals surface area contributed by atoms with E-state index in [0.717, 1.165) is 44.2 Å². The van der Waals surface area contributed by atoms with Crippen LogP contribution >= 0.6 is 0 Å². The van der Waals surface area contributed by atoms with Crippen molar-refractivity contribution in [3.8, 4) is 0 Å². The molecule has 1 fully saturated rings. The van der Waals surface area contributed by atoms with Crippen LogP contribution in [0.2, 0.25) is 0 Å². The number of rotatable bonds is 7. The average molecular weight is 397 g/mol. The second kappa shape index (κ2) is 10.4. The van der Waals surface area contributed by atoms with E-state index in [2.05, 4.69) is 35.7 Å². The molecule has 9 heteroatoms. The fourth-order valence-corrected chi connectivity index (χ4v) is 3.18. The smallest absolute Gasteiger partial charge is 0.319 e. The van der Waals surface area contributed by atoms with E-state index in [4.69, 9.17) is 0 Å². The highest BCUT2D eigenvalue weighted by Crippen LogP contribution is 2.15. The van der Waals surface area contributed by atoms with Crippen molar-refractivity contribution in [2.24, 2.45) is 0 Å². The van der Waals surface area contributed by atoms with Gasteiger partial charge in [0.1, 0.15) is 0 Å². The number of benzene rings is 1. The maximum Gasteiger partial charge on any atom is 0.319 e. The summed E-state index contributed by atoms with van der Waals surface area (Å²) in [5.41, 5.74) is 1.42. The Morgan fingerprint density at radius 2 is 1.76 bits per heavy atom. The topological polar surface area (TPSA) is 102 Å². The molecule has 3 amide bonds. The van der Waals surface area contributed by atoms with Crippen LogP contribution in [0.15, 0.2) is 42.7 Å². The van der Waals surface area contributed by atoms with Crippen molar-refractivity contribution in [2.45, 2.75) is 6.42 Å². The van der Waals surface area contributed by atoms with Gasteiger partial charge in [-0.05, 0) is 17.7 Å². The number of nitrogens with zero attached hydrogens (tertiary/aromatic N) is 4. The minimum Gasteiger partial charge on any atom is -0.359 e. The fourth-order valence-electron chi connectivity index (χ4n) is 3.18. The SMILES string of the molecule is CNC(=O)Cc1ccccc1NC(=O)NCCN1CCN(c2ncccn2)CC1. The molecule has 3 N–H and O–H groups in total. The van der Waals surface area contributed by atoms with Crippen LogP contribution in [0.5, 0.6) is 0 Å². The quantitative estimate of drug-likeness (QED) is 0.636. The van der Waals surface area contributed by atoms with Gasteiger partial charge >= 0.3 is 6.03 Å². The Morgan fingerprint density at radius 3 is 2.48 bits per heavy atom. The highest BCUT2D eigenvalue weighted by molar-refractivity contribution is 5.91. The van der Waals surface area contributed by atoms with E-state index >= 15 is 0 Å². The van der Waals surface area contributed by atoms with Gasteiger partial charge in [-0.2, -0.15) is 0 Å². The van der Waals surface area contributed by atoms with Crippen LogP contribution < -0.4 is 20.9 Å². The van der Waals surface area contributed by atoms with E-state index in [1.54, 1.807) is 25.5 Å². The Kier molecular flexibility index (Phi) is 7.34. The molecule has 29 heavy (non-hydrogen) atoms. The molecule has 2 aromatic rings. The Morgan fingerprint density at radius 1 is 1.03 bits per heavy atom. The first kappa shape index (κ1) is 20.5. The number of piperazine rings is 1. The molecule has 0 spiro atoms. The second-order valence-electron chi connectivity index (χ2n) is 6.77. The molecular formula is C20H27N7O2. The van der Waals surface area contributed by atoms with Crippen molar-refractivity contribution in [3.05, 3.63) is 48.3 Å². The van der Waals surface area contributed by atoms with Gasteiger partial charge in [-0.25, -0.2) is 14.8 Å². The molecule has 0 aliphatic carbocycles. The minimum absolute atomic E-state index is 0.0975. The molecule has 1 aliphatic rings. The number of urea groups is 1. The van der Waals surface area contributed by atoms with E-state index in [0.29, 0.717) is 12.2 Å². The number of aromatic nitrogens is 2. The summed E-state index contributed by atoms with van der Waals surface area (Å²) >= 11 is 0. The molecule has 1 aromatic heterocycles. The van der Waals surface area contributed by atoms with Gasteiger partial charge in [0.2, 0.25) is 11.9 Å². The van der Waals surface area contributed by atoms with Crippen molar-refractivity contribution < 1.29 is 9.59 Å². The molecule has 2 heterocycles. The van der Waals surface area contributed by atoms with Gasteiger partial charge in [-0.1, -0.05) is 18.2 Å². The maximum absolute atomic E-state index is 12.2. The highest BCUT2D eigenvalue weighted by Gasteiger charge is 2.18. The molecule has 1 aromatic carbocycles. The monoisotopic (exact) mass is 397 g/mol. The van der Waals surface area contributed by atoms with E-state index in [1.165, 1.54) is 0 Å². The highest BCUT2D eigenvalue weighted by atomic mass is 16.2. The van der Waals surface area contributed by atoms with Crippen molar-refractivity contribution in [1.29, 1.82) is 0 Å². The Labute approximate surface area is 170 Å². The van der Waals surface area contributed by atoms with Gasteiger partial charge < -0.3 is 20.9 Å². The number of para-hydroxylation sites is 1. The predicted molar refractivity (Wildman–Crippen MR) is 112 cm³/mol.